The summed E-state index contributed by atoms with van der Waals surface area (Å²) in [7, 11) is 0. The van der Waals surface area contributed by atoms with Gasteiger partial charge in [0.05, 0.1) is 0 Å². The van der Waals surface area contributed by atoms with Gasteiger partial charge in [0.1, 0.15) is 17.9 Å². The monoisotopic (exact) mass is 219 g/mol. The second-order valence-corrected chi connectivity index (χ2v) is 4.05. The molecule has 0 N–H and O–H groups in total. The van der Waals surface area contributed by atoms with Gasteiger partial charge in [-0.05, 0) is 12.8 Å². The summed E-state index contributed by atoms with van der Waals surface area (Å²) in [5.41, 5.74) is 0.953. The maximum atomic E-state index is 10.6. The fourth-order valence-electron chi connectivity index (χ4n) is 2.04. The van der Waals surface area contributed by atoms with Gasteiger partial charge in [-0.15, -0.1) is 0 Å². The van der Waals surface area contributed by atoms with Crippen LogP contribution in [0.25, 0.3) is 0 Å². The normalized spacial score (nSPS) is 15.4. The number of nitrogens with zero attached hydrogens (tertiary/aromatic N) is 3. The molecule has 2 heterocycles. The Morgan fingerprint density at radius 3 is 2.81 bits per heavy atom. The van der Waals surface area contributed by atoms with E-state index < -0.39 is 0 Å². The third kappa shape index (κ3) is 2.21. The summed E-state index contributed by atoms with van der Waals surface area (Å²) in [6.45, 7) is 4.14. The molecule has 1 aliphatic rings. The van der Waals surface area contributed by atoms with Crippen molar-refractivity contribution in [1.82, 2.24) is 9.97 Å². The van der Waals surface area contributed by atoms with Gasteiger partial charge in [-0.2, -0.15) is 0 Å². The topological polar surface area (TPSA) is 46.1 Å². The molecule has 4 nitrogen and oxygen atoms in total. The molecule has 0 atom stereocenters. The van der Waals surface area contributed by atoms with Crippen molar-refractivity contribution in [3.8, 4) is 0 Å². The lowest BCUT2D eigenvalue weighted by Gasteiger charge is -2.19. The Morgan fingerprint density at radius 2 is 2.19 bits per heavy atom. The first-order valence-electron chi connectivity index (χ1n) is 5.88. The van der Waals surface area contributed by atoms with Crippen LogP contribution < -0.4 is 4.90 Å². The molecule has 0 radical (unpaired) electrons. The molecule has 0 bridgehead atoms. The number of hydrogen-bond acceptors (Lipinski definition) is 4. The maximum Gasteiger partial charge on any atom is 0.135 e. The summed E-state index contributed by atoms with van der Waals surface area (Å²) in [6, 6.07) is 0. The average molecular weight is 219 g/mol. The van der Waals surface area contributed by atoms with Crippen molar-refractivity contribution in [2.45, 2.75) is 32.6 Å². The van der Waals surface area contributed by atoms with E-state index in [4.69, 9.17) is 0 Å². The number of aldehydes is 1. The summed E-state index contributed by atoms with van der Waals surface area (Å²) in [5.74, 6) is 1.83. The van der Waals surface area contributed by atoms with Crippen molar-refractivity contribution in [3.63, 3.8) is 0 Å². The number of rotatable bonds is 4. The number of carbonyl (C=O) groups is 1. The van der Waals surface area contributed by atoms with Gasteiger partial charge >= 0.3 is 0 Å². The highest BCUT2D eigenvalue weighted by Gasteiger charge is 2.17. The van der Waals surface area contributed by atoms with E-state index in [1.54, 1.807) is 6.20 Å². The van der Waals surface area contributed by atoms with E-state index >= 15 is 0 Å². The Labute approximate surface area is 95.7 Å². The largest absolute Gasteiger partial charge is 0.356 e. The molecule has 1 aliphatic heterocycles. The lowest BCUT2D eigenvalue weighted by Crippen LogP contribution is -2.22. The lowest BCUT2D eigenvalue weighted by atomic mass is 10.2. The van der Waals surface area contributed by atoms with E-state index in [2.05, 4.69) is 14.9 Å². The molecule has 1 saturated heterocycles. The van der Waals surface area contributed by atoms with Crippen LogP contribution in [-0.4, -0.2) is 29.3 Å². The molecule has 1 aromatic rings. The van der Waals surface area contributed by atoms with E-state index in [0.29, 0.717) is 6.42 Å². The van der Waals surface area contributed by atoms with Gasteiger partial charge in [-0.1, -0.05) is 6.92 Å². The number of carbonyl (C=O) groups excluding carboxylic acids is 1. The standard InChI is InChI=1S/C12H17N3O/c1-2-11-13-9-10(5-8-16)12(14-11)15-6-3-4-7-15/h8-9H,2-7H2,1H3. The Bertz CT molecular complexity index is 373. The predicted octanol–water partition coefficient (Wildman–Crippen LogP) is 1.38. The van der Waals surface area contributed by atoms with E-state index in [1.807, 2.05) is 6.92 Å². The zero-order valence-corrected chi connectivity index (χ0v) is 9.65. The fourth-order valence-corrected chi connectivity index (χ4v) is 2.04. The summed E-state index contributed by atoms with van der Waals surface area (Å²) in [5, 5.41) is 0. The minimum Gasteiger partial charge on any atom is -0.356 e. The van der Waals surface area contributed by atoms with Crippen LogP contribution in [0.15, 0.2) is 6.20 Å². The molecule has 16 heavy (non-hydrogen) atoms. The van der Waals surface area contributed by atoms with Gasteiger partial charge in [0.15, 0.2) is 0 Å². The minimum absolute atomic E-state index is 0.413. The predicted molar refractivity (Wildman–Crippen MR) is 62.6 cm³/mol. The molecule has 2 rings (SSSR count). The minimum atomic E-state index is 0.413. The molecular weight excluding hydrogens is 202 g/mol. The molecule has 0 aliphatic carbocycles. The van der Waals surface area contributed by atoms with Gasteiger partial charge in [0, 0.05) is 37.7 Å². The first-order valence-corrected chi connectivity index (χ1v) is 5.88. The van der Waals surface area contributed by atoms with Crippen molar-refractivity contribution in [2.75, 3.05) is 18.0 Å². The first-order chi connectivity index (χ1) is 7.85. The lowest BCUT2D eigenvalue weighted by molar-refractivity contribution is -0.107. The second-order valence-electron chi connectivity index (χ2n) is 4.05. The summed E-state index contributed by atoms with van der Waals surface area (Å²) < 4.78 is 0. The maximum absolute atomic E-state index is 10.6. The van der Waals surface area contributed by atoms with Crippen LogP contribution in [-0.2, 0) is 17.6 Å². The Kier molecular flexibility index (Phi) is 3.49. The van der Waals surface area contributed by atoms with Gasteiger partial charge in [0.25, 0.3) is 0 Å². The quantitative estimate of drug-likeness (QED) is 0.718. The van der Waals surface area contributed by atoms with Crippen molar-refractivity contribution < 1.29 is 4.79 Å². The van der Waals surface area contributed by atoms with Crippen LogP contribution in [0, 0.1) is 0 Å². The molecule has 0 saturated carbocycles. The van der Waals surface area contributed by atoms with Crippen molar-refractivity contribution in [1.29, 1.82) is 0 Å². The average Bonchev–Trinajstić information content (AvgIpc) is 2.83. The number of aromatic nitrogens is 2. The fraction of sp³-hybridized carbons (Fsp3) is 0.583. The molecule has 86 valence electrons. The molecule has 4 heteroatoms. The van der Waals surface area contributed by atoms with E-state index in [1.165, 1.54) is 12.8 Å². The van der Waals surface area contributed by atoms with Gasteiger partial charge < -0.3 is 9.69 Å². The van der Waals surface area contributed by atoms with Gasteiger partial charge in [-0.25, -0.2) is 9.97 Å². The third-order valence-electron chi connectivity index (χ3n) is 2.92. The van der Waals surface area contributed by atoms with Crippen LogP contribution >= 0.6 is 0 Å². The first kappa shape index (κ1) is 11.0. The number of hydrogen-bond donors (Lipinski definition) is 0. The SMILES string of the molecule is CCc1ncc(CC=O)c(N2CCCC2)n1. The van der Waals surface area contributed by atoms with Crippen molar-refractivity contribution in [3.05, 3.63) is 17.6 Å². The Balaban J connectivity index is 2.32. The highest BCUT2D eigenvalue weighted by atomic mass is 16.1. The van der Waals surface area contributed by atoms with Crippen LogP contribution in [0.2, 0.25) is 0 Å². The Hall–Kier alpha value is -1.45. The molecule has 0 aromatic carbocycles. The highest BCUT2D eigenvalue weighted by molar-refractivity contribution is 5.60. The smallest absolute Gasteiger partial charge is 0.135 e. The molecule has 0 spiro atoms. The Morgan fingerprint density at radius 1 is 1.44 bits per heavy atom. The third-order valence-corrected chi connectivity index (χ3v) is 2.92. The van der Waals surface area contributed by atoms with E-state index in [0.717, 1.165) is 43.0 Å². The summed E-state index contributed by atoms with van der Waals surface area (Å²) in [4.78, 5) is 21.7. The van der Waals surface area contributed by atoms with Gasteiger partial charge in [0.2, 0.25) is 0 Å². The van der Waals surface area contributed by atoms with Crippen molar-refractivity contribution in [2.24, 2.45) is 0 Å². The van der Waals surface area contributed by atoms with Crippen LogP contribution in [0.1, 0.15) is 31.2 Å². The molecule has 0 amide bonds. The summed E-state index contributed by atoms with van der Waals surface area (Å²) >= 11 is 0. The zero-order chi connectivity index (χ0) is 11.4. The number of anilines is 1. The summed E-state index contributed by atoms with van der Waals surface area (Å²) in [6.07, 6.45) is 6.40. The van der Waals surface area contributed by atoms with Gasteiger partial charge in [-0.3, -0.25) is 0 Å². The van der Waals surface area contributed by atoms with Crippen LogP contribution in [0.5, 0.6) is 0 Å². The molecule has 0 unspecified atom stereocenters. The van der Waals surface area contributed by atoms with E-state index in [9.17, 15) is 4.79 Å². The molecule has 1 aromatic heterocycles. The second kappa shape index (κ2) is 5.05. The van der Waals surface area contributed by atoms with Crippen LogP contribution in [0.4, 0.5) is 5.82 Å². The van der Waals surface area contributed by atoms with Crippen LogP contribution in [0.3, 0.4) is 0 Å². The van der Waals surface area contributed by atoms with Crippen molar-refractivity contribution >= 4 is 12.1 Å². The highest BCUT2D eigenvalue weighted by Crippen LogP contribution is 2.22. The molecular formula is C12H17N3O. The van der Waals surface area contributed by atoms with E-state index in [-0.39, 0.29) is 0 Å². The number of aryl methyl sites for hydroxylation is 1. The zero-order valence-electron chi connectivity index (χ0n) is 9.65. The molecule has 1 fully saturated rings.